The Morgan fingerprint density at radius 1 is 0.500 bits per heavy atom. The van der Waals surface area contributed by atoms with Crippen LogP contribution in [0, 0.1) is 29.1 Å². The van der Waals surface area contributed by atoms with E-state index in [4.69, 9.17) is 18.5 Å². The number of unbranched alkanes of at least 4 members (excludes halogenated alkanes) is 12. The highest BCUT2D eigenvalue weighted by molar-refractivity contribution is 7.53. The molecule has 0 heterocycles. The molecule has 0 aliphatic rings. The van der Waals surface area contributed by atoms with Gasteiger partial charge in [0.2, 0.25) is 5.82 Å². The first-order chi connectivity index (χ1) is 19.3. The third-order valence-electron chi connectivity index (χ3n) is 6.50. The van der Waals surface area contributed by atoms with Crippen molar-refractivity contribution < 1.29 is 45.0 Å². The van der Waals surface area contributed by atoms with Gasteiger partial charge < -0.3 is 18.5 Å². The summed E-state index contributed by atoms with van der Waals surface area (Å²) in [7, 11) is -2.89. The van der Waals surface area contributed by atoms with E-state index < -0.39 is 48.9 Å². The van der Waals surface area contributed by atoms with Crippen LogP contribution in [0.25, 0.3) is 0 Å². The lowest BCUT2D eigenvalue weighted by Gasteiger charge is -2.16. The van der Waals surface area contributed by atoms with Crippen molar-refractivity contribution in [2.75, 3.05) is 39.2 Å². The van der Waals surface area contributed by atoms with Crippen LogP contribution in [0.1, 0.15) is 109 Å². The van der Waals surface area contributed by atoms with Crippen molar-refractivity contribution in [3.63, 3.8) is 0 Å². The lowest BCUT2D eigenvalue weighted by Crippen LogP contribution is -2.09. The van der Waals surface area contributed by atoms with E-state index in [9.17, 15) is 26.5 Å². The number of hydrogen-bond donors (Lipinski definition) is 0. The van der Waals surface area contributed by atoms with Gasteiger partial charge in [-0.1, -0.05) is 64.2 Å². The molecule has 0 aliphatic carbocycles. The van der Waals surface area contributed by atoms with Crippen LogP contribution < -0.4 is 0 Å². The summed E-state index contributed by atoms with van der Waals surface area (Å²) in [6.45, 7) is 5.55. The average molecular weight is 603 g/mol. The lowest BCUT2D eigenvalue weighted by molar-refractivity contribution is 0.109. The van der Waals surface area contributed by atoms with Crippen LogP contribution in [0.4, 0.5) is 22.0 Å². The molecule has 0 fully saturated rings. The minimum atomic E-state index is -2.89. The summed E-state index contributed by atoms with van der Waals surface area (Å²) in [5.41, 5.74) is -0.936. The van der Waals surface area contributed by atoms with Gasteiger partial charge in [-0.3, -0.25) is 4.57 Å². The fourth-order valence-corrected chi connectivity index (χ4v) is 6.03. The van der Waals surface area contributed by atoms with Crippen molar-refractivity contribution in [2.24, 2.45) is 0 Å². The molecule has 234 valence electrons. The Labute approximate surface area is 237 Å². The van der Waals surface area contributed by atoms with Crippen molar-refractivity contribution in [3.8, 4) is 0 Å². The zero-order chi connectivity index (χ0) is 29.6. The summed E-state index contributed by atoms with van der Waals surface area (Å²) >= 11 is 0. The van der Waals surface area contributed by atoms with E-state index in [2.05, 4.69) is 0 Å². The predicted octanol–water partition coefficient (Wildman–Crippen LogP) is 9.64. The first-order valence-corrected chi connectivity index (χ1v) is 16.5. The van der Waals surface area contributed by atoms with E-state index in [-0.39, 0.29) is 6.61 Å². The molecule has 0 saturated carbocycles. The van der Waals surface area contributed by atoms with Gasteiger partial charge in [-0.2, -0.15) is 0 Å². The number of rotatable bonds is 26. The standard InChI is InChI=1S/C29H48F5O5P/c1-3-38-40(35,39-4-2)22-18-14-10-6-5-7-11-15-19-36-20-16-12-8-9-13-17-21-37-23-24-25(30)27(32)29(34)28(33)26(24)31/h3-23H2,1-2H3. The highest BCUT2D eigenvalue weighted by Crippen LogP contribution is 2.48. The van der Waals surface area contributed by atoms with E-state index in [1.165, 1.54) is 19.3 Å². The van der Waals surface area contributed by atoms with Crippen molar-refractivity contribution >= 4 is 7.60 Å². The maximum absolute atomic E-state index is 13.6. The first-order valence-electron chi connectivity index (χ1n) is 14.8. The van der Waals surface area contributed by atoms with Gasteiger partial charge in [0.05, 0.1) is 31.5 Å². The Hall–Kier alpha value is -1.06. The van der Waals surface area contributed by atoms with Gasteiger partial charge >= 0.3 is 7.60 Å². The van der Waals surface area contributed by atoms with E-state index in [0.29, 0.717) is 25.8 Å². The van der Waals surface area contributed by atoms with Crippen molar-refractivity contribution in [3.05, 3.63) is 34.6 Å². The molecule has 0 aromatic heterocycles. The van der Waals surface area contributed by atoms with Crippen LogP contribution in [0.3, 0.4) is 0 Å². The Kier molecular flexibility index (Phi) is 20.8. The van der Waals surface area contributed by atoms with E-state index in [1.807, 2.05) is 13.8 Å². The van der Waals surface area contributed by atoms with Crippen molar-refractivity contribution in [2.45, 2.75) is 110 Å². The van der Waals surface area contributed by atoms with Gasteiger partial charge in [-0.05, 0) is 39.5 Å². The van der Waals surface area contributed by atoms with Gasteiger partial charge in [-0.25, -0.2) is 22.0 Å². The fourth-order valence-electron chi connectivity index (χ4n) is 4.30. The number of hydrogen-bond acceptors (Lipinski definition) is 5. The van der Waals surface area contributed by atoms with Crippen molar-refractivity contribution in [1.82, 2.24) is 0 Å². The van der Waals surface area contributed by atoms with Crippen LogP contribution in [0.5, 0.6) is 0 Å². The Morgan fingerprint density at radius 2 is 0.850 bits per heavy atom. The maximum atomic E-state index is 13.6. The van der Waals surface area contributed by atoms with Gasteiger partial charge in [0.25, 0.3) is 0 Å². The molecule has 0 saturated heterocycles. The normalized spacial score (nSPS) is 12.0. The molecule has 1 rings (SSSR count). The molecule has 0 N–H and O–H groups in total. The molecule has 0 atom stereocenters. The van der Waals surface area contributed by atoms with E-state index in [1.54, 1.807) is 0 Å². The van der Waals surface area contributed by atoms with Gasteiger partial charge in [0.1, 0.15) is 0 Å². The Bertz CT molecular complexity index is 820. The summed E-state index contributed by atoms with van der Waals surface area (Å²) in [6.07, 6.45) is 14.9. The van der Waals surface area contributed by atoms with Crippen LogP contribution in [-0.2, 0) is 29.7 Å². The molecule has 0 radical (unpaired) electrons. The number of halogens is 5. The molecule has 0 amide bonds. The molecule has 11 heteroatoms. The molecule has 0 bridgehead atoms. The SMILES string of the molecule is CCOP(=O)(CCCCCCCCCCOCCCCCCCCOCc1c(F)c(F)c(F)c(F)c1F)OCC. The quantitative estimate of drug-likeness (QED) is 0.0347. The van der Waals surface area contributed by atoms with Crippen LogP contribution >= 0.6 is 7.60 Å². The molecule has 0 unspecified atom stereocenters. The molecular weight excluding hydrogens is 554 g/mol. The van der Waals surface area contributed by atoms with Crippen LogP contribution in [-0.4, -0.2) is 39.2 Å². The minimum absolute atomic E-state index is 0.189. The average Bonchev–Trinajstić information content (AvgIpc) is 2.93. The summed E-state index contributed by atoms with van der Waals surface area (Å²) in [6, 6.07) is 0. The third-order valence-corrected chi connectivity index (χ3v) is 8.66. The lowest BCUT2D eigenvalue weighted by atomic mass is 10.1. The number of benzene rings is 1. The van der Waals surface area contributed by atoms with Crippen LogP contribution in [0.2, 0.25) is 0 Å². The Morgan fingerprint density at radius 3 is 1.27 bits per heavy atom. The van der Waals surface area contributed by atoms with Gasteiger partial charge in [0.15, 0.2) is 23.3 Å². The molecule has 1 aromatic carbocycles. The third kappa shape index (κ3) is 15.2. The van der Waals surface area contributed by atoms with Crippen molar-refractivity contribution in [1.29, 1.82) is 0 Å². The largest absolute Gasteiger partial charge is 0.381 e. The first kappa shape index (κ1) is 37.0. The van der Waals surface area contributed by atoms with Gasteiger partial charge in [-0.15, -0.1) is 0 Å². The Balaban J connectivity index is 1.86. The summed E-state index contributed by atoms with van der Waals surface area (Å²) in [5.74, 6) is -9.75. The van der Waals surface area contributed by atoms with Crippen LogP contribution in [0.15, 0.2) is 0 Å². The predicted molar refractivity (Wildman–Crippen MR) is 147 cm³/mol. The topological polar surface area (TPSA) is 54.0 Å². The molecule has 1 aromatic rings. The molecule has 40 heavy (non-hydrogen) atoms. The summed E-state index contributed by atoms with van der Waals surface area (Å²) in [5, 5.41) is 0. The van der Waals surface area contributed by atoms with Gasteiger partial charge in [0, 0.05) is 19.8 Å². The smallest absolute Gasteiger partial charge is 0.330 e. The highest BCUT2D eigenvalue weighted by Gasteiger charge is 2.25. The van der Waals surface area contributed by atoms with E-state index in [0.717, 1.165) is 77.4 Å². The maximum Gasteiger partial charge on any atom is 0.330 e. The minimum Gasteiger partial charge on any atom is -0.381 e. The summed E-state index contributed by atoms with van der Waals surface area (Å²) < 4.78 is 100. The fraction of sp³-hybridized carbons (Fsp3) is 0.793. The number of ether oxygens (including phenoxy) is 2. The zero-order valence-corrected chi connectivity index (χ0v) is 25.1. The second kappa shape index (κ2) is 22.5. The molecular formula is C29H48F5O5P. The van der Waals surface area contributed by atoms with E-state index >= 15 is 0 Å². The monoisotopic (exact) mass is 602 g/mol. The second-order valence-corrected chi connectivity index (χ2v) is 12.0. The zero-order valence-electron chi connectivity index (χ0n) is 24.2. The molecule has 5 nitrogen and oxygen atoms in total. The summed E-state index contributed by atoms with van der Waals surface area (Å²) in [4.78, 5) is 0. The molecule has 0 spiro atoms. The highest BCUT2D eigenvalue weighted by atomic mass is 31.2. The molecule has 0 aliphatic heterocycles. The second-order valence-electron chi connectivity index (χ2n) is 9.83.